The number of morpholine rings is 1. The lowest BCUT2D eigenvalue weighted by Crippen LogP contribution is -2.53. The summed E-state index contributed by atoms with van der Waals surface area (Å²) >= 11 is 0. The number of hydrogen-bond donors (Lipinski definition) is 2. The van der Waals surface area contributed by atoms with Gasteiger partial charge in [-0.05, 0) is 31.9 Å². The van der Waals surface area contributed by atoms with Crippen LogP contribution in [0.2, 0.25) is 0 Å². The van der Waals surface area contributed by atoms with Crippen molar-refractivity contribution in [3.05, 3.63) is 30.1 Å². The second-order valence-electron chi connectivity index (χ2n) is 6.64. The van der Waals surface area contributed by atoms with Gasteiger partial charge < -0.3 is 25.0 Å². The molecule has 8 heteroatoms. The van der Waals surface area contributed by atoms with E-state index in [9.17, 15) is 4.79 Å². The molecule has 3 rings (SSSR count). The van der Waals surface area contributed by atoms with Crippen LogP contribution in [-0.2, 0) is 9.47 Å². The SMILES string of the molecule is CCNC(=NCCNC(=O)c1cccnc1)N1CCOC(C2CCCO2)C1. The average Bonchev–Trinajstić information content (AvgIpc) is 3.26. The maximum atomic E-state index is 12.1. The van der Waals surface area contributed by atoms with Crippen molar-refractivity contribution in [2.75, 3.05) is 45.9 Å². The van der Waals surface area contributed by atoms with Gasteiger partial charge in [0, 0.05) is 45.2 Å². The van der Waals surface area contributed by atoms with Gasteiger partial charge in [-0.15, -0.1) is 0 Å². The number of aromatic nitrogens is 1. The molecule has 0 saturated carbocycles. The lowest BCUT2D eigenvalue weighted by molar-refractivity contribution is -0.0817. The third-order valence-electron chi connectivity index (χ3n) is 4.69. The van der Waals surface area contributed by atoms with Crippen LogP contribution in [0.4, 0.5) is 0 Å². The number of hydrogen-bond acceptors (Lipinski definition) is 5. The van der Waals surface area contributed by atoms with E-state index in [0.29, 0.717) is 25.3 Å². The molecular weight excluding hydrogens is 346 g/mol. The largest absolute Gasteiger partial charge is 0.375 e. The monoisotopic (exact) mass is 375 g/mol. The number of carbonyl (C=O) groups excluding carboxylic acids is 1. The van der Waals surface area contributed by atoms with Crippen molar-refractivity contribution >= 4 is 11.9 Å². The van der Waals surface area contributed by atoms with E-state index in [0.717, 1.165) is 45.0 Å². The van der Waals surface area contributed by atoms with Crippen molar-refractivity contribution in [3.63, 3.8) is 0 Å². The molecule has 148 valence electrons. The topological polar surface area (TPSA) is 88.1 Å². The molecule has 1 aromatic rings. The van der Waals surface area contributed by atoms with Gasteiger partial charge in [-0.1, -0.05) is 0 Å². The third kappa shape index (κ3) is 5.64. The van der Waals surface area contributed by atoms with E-state index in [1.807, 2.05) is 0 Å². The summed E-state index contributed by atoms with van der Waals surface area (Å²) in [7, 11) is 0. The van der Waals surface area contributed by atoms with Gasteiger partial charge >= 0.3 is 0 Å². The van der Waals surface area contributed by atoms with Crippen molar-refractivity contribution in [2.24, 2.45) is 4.99 Å². The Kier molecular flexibility index (Phi) is 7.41. The summed E-state index contributed by atoms with van der Waals surface area (Å²) < 4.78 is 11.7. The van der Waals surface area contributed by atoms with E-state index >= 15 is 0 Å². The molecule has 2 saturated heterocycles. The number of aliphatic imine (C=N–C) groups is 1. The minimum atomic E-state index is -0.131. The molecule has 2 unspecified atom stereocenters. The Bertz CT molecular complexity index is 619. The summed E-state index contributed by atoms with van der Waals surface area (Å²) in [6.07, 6.45) is 5.66. The smallest absolute Gasteiger partial charge is 0.252 e. The number of ether oxygens (including phenoxy) is 2. The van der Waals surface area contributed by atoms with Crippen molar-refractivity contribution in [1.82, 2.24) is 20.5 Å². The minimum Gasteiger partial charge on any atom is -0.375 e. The fraction of sp³-hybridized carbons (Fsp3) is 0.632. The van der Waals surface area contributed by atoms with Crippen LogP contribution in [0.3, 0.4) is 0 Å². The van der Waals surface area contributed by atoms with Crippen molar-refractivity contribution in [2.45, 2.75) is 32.0 Å². The summed E-state index contributed by atoms with van der Waals surface area (Å²) in [6, 6.07) is 3.49. The third-order valence-corrected chi connectivity index (χ3v) is 4.69. The average molecular weight is 375 g/mol. The number of nitrogens with one attached hydrogen (secondary N) is 2. The number of pyridine rings is 1. The van der Waals surface area contributed by atoms with Crippen LogP contribution in [0, 0.1) is 0 Å². The van der Waals surface area contributed by atoms with E-state index in [1.165, 1.54) is 0 Å². The van der Waals surface area contributed by atoms with Crippen LogP contribution >= 0.6 is 0 Å². The van der Waals surface area contributed by atoms with Gasteiger partial charge in [-0.25, -0.2) is 0 Å². The first-order chi connectivity index (χ1) is 13.3. The van der Waals surface area contributed by atoms with Gasteiger partial charge in [0.25, 0.3) is 5.91 Å². The zero-order valence-corrected chi connectivity index (χ0v) is 15.9. The van der Waals surface area contributed by atoms with Crippen LogP contribution < -0.4 is 10.6 Å². The molecule has 2 N–H and O–H groups in total. The van der Waals surface area contributed by atoms with Gasteiger partial charge in [0.05, 0.1) is 24.8 Å². The number of rotatable bonds is 6. The summed E-state index contributed by atoms with van der Waals surface area (Å²) in [5, 5.41) is 6.22. The maximum absolute atomic E-state index is 12.1. The molecule has 1 aromatic heterocycles. The van der Waals surface area contributed by atoms with Gasteiger partial charge in [-0.2, -0.15) is 0 Å². The highest BCUT2D eigenvalue weighted by atomic mass is 16.5. The summed E-state index contributed by atoms with van der Waals surface area (Å²) in [5.41, 5.74) is 0.556. The first-order valence-corrected chi connectivity index (χ1v) is 9.72. The fourth-order valence-electron chi connectivity index (χ4n) is 3.34. The first kappa shape index (κ1) is 19.6. The number of guanidine groups is 1. The van der Waals surface area contributed by atoms with Gasteiger partial charge in [0.1, 0.15) is 6.10 Å². The Morgan fingerprint density at radius 2 is 2.22 bits per heavy atom. The molecule has 2 aliphatic heterocycles. The first-order valence-electron chi connectivity index (χ1n) is 9.72. The number of nitrogens with zero attached hydrogens (tertiary/aromatic N) is 3. The Balaban J connectivity index is 1.50. The van der Waals surface area contributed by atoms with E-state index in [2.05, 4.69) is 32.4 Å². The molecule has 2 aliphatic rings. The molecule has 0 spiro atoms. The summed E-state index contributed by atoms with van der Waals surface area (Å²) in [5.74, 6) is 0.729. The van der Waals surface area contributed by atoms with Crippen LogP contribution in [-0.4, -0.2) is 79.9 Å². The molecule has 8 nitrogen and oxygen atoms in total. The van der Waals surface area contributed by atoms with Crippen LogP contribution in [0.25, 0.3) is 0 Å². The molecular formula is C19H29N5O3. The van der Waals surface area contributed by atoms with Crippen LogP contribution in [0.1, 0.15) is 30.1 Å². The lowest BCUT2D eigenvalue weighted by atomic mass is 10.1. The Morgan fingerprint density at radius 3 is 2.96 bits per heavy atom. The molecule has 27 heavy (non-hydrogen) atoms. The predicted octanol–water partition coefficient (Wildman–Crippen LogP) is 0.657. The molecule has 3 heterocycles. The van der Waals surface area contributed by atoms with Gasteiger partial charge in [0.2, 0.25) is 0 Å². The zero-order chi connectivity index (χ0) is 18.9. The van der Waals surface area contributed by atoms with E-state index in [-0.39, 0.29) is 18.1 Å². The highest BCUT2D eigenvalue weighted by Gasteiger charge is 2.32. The summed E-state index contributed by atoms with van der Waals surface area (Å²) in [6.45, 7) is 6.91. The molecule has 0 radical (unpaired) electrons. The van der Waals surface area contributed by atoms with Crippen molar-refractivity contribution in [3.8, 4) is 0 Å². The quantitative estimate of drug-likeness (QED) is 0.431. The van der Waals surface area contributed by atoms with Gasteiger partial charge in [-0.3, -0.25) is 14.8 Å². The Labute approximate surface area is 160 Å². The van der Waals surface area contributed by atoms with Crippen LogP contribution in [0.15, 0.2) is 29.5 Å². The highest BCUT2D eigenvalue weighted by Crippen LogP contribution is 2.21. The second kappa shape index (κ2) is 10.2. The lowest BCUT2D eigenvalue weighted by Gasteiger charge is -2.37. The molecule has 2 fully saturated rings. The molecule has 0 bridgehead atoms. The van der Waals surface area contributed by atoms with E-state index < -0.39 is 0 Å². The van der Waals surface area contributed by atoms with Gasteiger partial charge in [0.15, 0.2) is 5.96 Å². The van der Waals surface area contributed by atoms with Crippen molar-refractivity contribution in [1.29, 1.82) is 0 Å². The highest BCUT2D eigenvalue weighted by molar-refractivity contribution is 5.93. The second-order valence-corrected chi connectivity index (χ2v) is 6.64. The minimum absolute atomic E-state index is 0.0930. The normalized spacial score (nSPS) is 23.3. The molecule has 2 atom stereocenters. The standard InChI is InChI=1S/C19H29N5O3/c1-2-21-19(23-9-8-22-18(25)15-5-3-7-20-13-15)24-10-12-27-17(14-24)16-6-4-11-26-16/h3,5,7,13,16-17H,2,4,6,8-12,14H2,1H3,(H,21,23)(H,22,25). The van der Waals surface area contributed by atoms with E-state index in [1.54, 1.807) is 24.5 Å². The fourth-order valence-corrected chi connectivity index (χ4v) is 3.34. The predicted molar refractivity (Wildman–Crippen MR) is 103 cm³/mol. The molecule has 1 amide bonds. The molecule has 0 aliphatic carbocycles. The Hall–Kier alpha value is -2.19. The van der Waals surface area contributed by atoms with Crippen LogP contribution in [0.5, 0.6) is 0 Å². The maximum Gasteiger partial charge on any atom is 0.252 e. The number of carbonyl (C=O) groups is 1. The summed E-state index contributed by atoms with van der Waals surface area (Å²) in [4.78, 5) is 22.9. The molecule has 0 aromatic carbocycles. The van der Waals surface area contributed by atoms with E-state index in [4.69, 9.17) is 9.47 Å². The zero-order valence-electron chi connectivity index (χ0n) is 15.9. The Morgan fingerprint density at radius 1 is 1.33 bits per heavy atom. The number of amides is 1. The van der Waals surface area contributed by atoms with Crippen molar-refractivity contribution < 1.29 is 14.3 Å².